The molecule has 0 heterocycles. The van der Waals surface area contributed by atoms with Gasteiger partial charge in [-0.1, -0.05) is 55.4 Å². The van der Waals surface area contributed by atoms with E-state index in [0.29, 0.717) is 16.7 Å². The summed E-state index contributed by atoms with van der Waals surface area (Å²) in [6.45, 7) is 26.9. The minimum absolute atomic E-state index is 0.390. The molecule has 0 aromatic rings. The van der Waals surface area contributed by atoms with Crippen LogP contribution in [0.2, 0.25) is 19.6 Å². The van der Waals surface area contributed by atoms with Crippen molar-refractivity contribution in [1.29, 1.82) is 0 Å². The fraction of sp³-hybridized carbons (Fsp3) is 1.00. The van der Waals surface area contributed by atoms with Crippen molar-refractivity contribution in [3.63, 3.8) is 0 Å². The molecule has 0 aliphatic rings. The molecular weight excluding hydrogens is 272 g/mol. The maximum Gasteiger partial charge on any atom is 0.183 e. The summed E-state index contributed by atoms with van der Waals surface area (Å²) < 4.78 is 6.12. The molecule has 0 saturated heterocycles. The molecule has 1 nitrogen and oxygen atoms in total. The summed E-state index contributed by atoms with van der Waals surface area (Å²) in [5, 5.41) is 0. The third kappa shape index (κ3) is 10.5. The maximum absolute atomic E-state index is 6.12. The van der Waals surface area contributed by atoms with Gasteiger partial charge in [0.25, 0.3) is 0 Å². The summed E-state index contributed by atoms with van der Waals surface area (Å²) in [6.07, 6.45) is 2.62. The van der Waals surface area contributed by atoms with Gasteiger partial charge in [-0.15, -0.1) is 0 Å². The van der Waals surface area contributed by atoms with Gasteiger partial charge >= 0.3 is 0 Å². The Hall–Kier alpha value is 0.177. The largest absolute Gasteiger partial charge is 0.417 e. The highest BCUT2D eigenvalue weighted by molar-refractivity contribution is 6.69. The lowest BCUT2D eigenvalue weighted by molar-refractivity contribution is 0.111. The third-order valence-electron chi connectivity index (χ3n) is 4.49. The normalized spacial score (nSPS) is 18.4. The molecule has 3 unspecified atom stereocenters. The Morgan fingerprint density at radius 3 is 1.67 bits per heavy atom. The van der Waals surface area contributed by atoms with Crippen LogP contribution >= 0.6 is 0 Å². The van der Waals surface area contributed by atoms with E-state index in [2.05, 4.69) is 75.0 Å². The number of hydrogen-bond donors (Lipinski definition) is 0. The van der Waals surface area contributed by atoms with Crippen molar-refractivity contribution in [2.75, 3.05) is 6.61 Å². The molecule has 0 radical (unpaired) electrons. The quantitative estimate of drug-likeness (QED) is 0.481. The first-order chi connectivity index (χ1) is 9.12. The van der Waals surface area contributed by atoms with Crippen molar-refractivity contribution in [2.45, 2.75) is 87.9 Å². The molecule has 0 aromatic carbocycles. The molecule has 0 aliphatic carbocycles. The monoisotopic (exact) mass is 314 g/mol. The molecule has 0 amide bonds. The van der Waals surface area contributed by atoms with Crippen LogP contribution in [0.1, 0.15) is 68.2 Å². The second kappa shape index (κ2) is 7.63. The first-order valence-electron chi connectivity index (χ1n) is 8.76. The van der Waals surface area contributed by atoms with Crippen molar-refractivity contribution >= 4 is 8.32 Å². The molecule has 0 aliphatic heterocycles. The molecule has 0 rings (SSSR count). The first kappa shape index (κ1) is 21.2. The topological polar surface area (TPSA) is 9.23 Å². The molecule has 2 heteroatoms. The molecule has 0 spiro atoms. The van der Waals surface area contributed by atoms with E-state index in [9.17, 15) is 0 Å². The summed E-state index contributed by atoms with van der Waals surface area (Å²) in [5.74, 6) is 2.16. The van der Waals surface area contributed by atoms with Crippen molar-refractivity contribution in [1.82, 2.24) is 0 Å². The van der Waals surface area contributed by atoms with Crippen LogP contribution in [0.25, 0.3) is 0 Å². The predicted octanol–water partition coefficient (Wildman–Crippen LogP) is 6.60. The van der Waals surface area contributed by atoms with Gasteiger partial charge in [0, 0.05) is 6.61 Å². The van der Waals surface area contributed by atoms with Crippen LogP contribution in [-0.2, 0) is 4.43 Å². The average Bonchev–Trinajstić information content (AvgIpc) is 2.20. The smallest absolute Gasteiger partial charge is 0.183 e. The van der Waals surface area contributed by atoms with Crippen LogP contribution in [0.15, 0.2) is 0 Å². The first-order valence-corrected chi connectivity index (χ1v) is 12.2. The van der Waals surface area contributed by atoms with Gasteiger partial charge < -0.3 is 4.43 Å². The molecule has 0 aromatic heterocycles. The highest BCUT2D eigenvalue weighted by Crippen LogP contribution is 2.40. The average molecular weight is 315 g/mol. The summed E-state index contributed by atoms with van der Waals surface area (Å²) in [5.41, 5.74) is 0.802. The summed E-state index contributed by atoms with van der Waals surface area (Å²) in [7, 11) is -1.38. The van der Waals surface area contributed by atoms with Crippen molar-refractivity contribution < 1.29 is 4.43 Å². The van der Waals surface area contributed by atoms with Gasteiger partial charge in [-0.2, -0.15) is 0 Å². The van der Waals surface area contributed by atoms with Crippen molar-refractivity contribution in [3.8, 4) is 0 Å². The zero-order valence-corrected chi connectivity index (χ0v) is 17.8. The van der Waals surface area contributed by atoms with Gasteiger partial charge in [-0.25, -0.2) is 0 Å². The van der Waals surface area contributed by atoms with E-state index in [1.54, 1.807) is 0 Å². The Balaban J connectivity index is 4.63. The van der Waals surface area contributed by atoms with E-state index in [-0.39, 0.29) is 0 Å². The molecule has 0 bridgehead atoms. The van der Waals surface area contributed by atoms with E-state index in [4.69, 9.17) is 4.43 Å². The fourth-order valence-electron chi connectivity index (χ4n) is 2.71. The van der Waals surface area contributed by atoms with Gasteiger partial charge in [-0.3, -0.25) is 0 Å². The summed E-state index contributed by atoms with van der Waals surface area (Å²) in [4.78, 5) is 0. The van der Waals surface area contributed by atoms with Gasteiger partial charge in [0.15, 0.2) is 8.32 Å². The Morgan fingerprint density at radius 1 is 0.857 bits per heavy atom. The molecule has 0 saturated carbocycles. The van der Waals surface area contributed by atoms with Crippen molar-refractivity contribution in [3.05, 3.63) is 0 Å². The zero-order chi connectivity index (χ0) is 17.1. The summed E-state index contributed by atoms with van der Waals surface area (Å²) >= 11 is 0. The van der Waals surface area contributed by atoms with Gasteiger partial charge in [0.1, 0.15) is 0 Å². The van der Waals surface area contributed by atoms with Crippen LogP contribution < -0.4 is 0 Å². The second-order valence-corrected chi connectivity index (χ2v) is 15.0. The molecular formula is C19H42OSi. The van der Waals surface area contributed by atoms with Gasteiger partial charge in [-0.05, 0) is 61.1 Å². The van der Waals surface area contributed by atoms with E-state index < -0.39 is 8.32 Å². The zero-order valence-electron chi connectivity index (χ0n) is 16.8. The predicted molar refractivity (Wildman–Crippen MR) is 99.3 cm³/mol. The lowest BCUT2D eigenvalue weighted by Gasteiger charge is -2.38. The highest BCUT2D eigenvalue weighted by Gasteiger charge is 2.31. The number of rotatable bonds is 7. The minimum atomic E-state index is -1.38. The number of hydrogen-bond acceptors (Lipinski definition) is 1. The van der Waals surface area contributed by atoms with Crippen LogP contribution in [0.3, 0.4) is 0 Å². The highest BCUT2D eigenvalue weighted by atomic mass is 28.4. The Kier molecular flexibility index (Phi) is 7.70. The second-order valence-electron chi connectivity index (χ2n) is 10.4. The van der Waals surface area contributed by atoms with E-state index in [1.807, 2.05) is 0 Å². The van der Waals surface area contributed by atoms with Crippen LogP contribution in [0.5, 0.6) is 0 Å². The minimum Gasteiger partial charge on any atom is -0.417 e. The molecule has 0 N–H and O–H groups in total. The molecule has 0 fully saturated rings. The van der Waals surface area contributed by atoms with Crippen molar-refractivity contribution in [2.24, 2.45) is 28.6 Å². The van der Waals surface area contributed by atoms with E-state index in [1.165, 1.54) is 12.8 Å². The van der Waals surface area contributed by atoms with E-state index >= 15 is 0 Å². The lowest BCUT2D eigenvalue weighted by Crippen LogP contribution is -2.32. The Bertz CT molecular complexity index is 290. The van der Waals surface area contributed by atoms with Gasteiger partial charge in [0.05, 0.1) is 0 Å². The van der Waals surface area contributed by atoms with Gasteiger partial charge in [0.2, 0.25) is 0 Å². The standard InChI is InChI=1S/C19H42OSi/c1-15(16(2)14-20-21(9,10)11)12-17(19(6,7)8)13-18(3,4)5/h15-17H,12-14H2,1-11H3. The SMILES string of the molecule is CC(CO[Si](C)(C)C)C(C)CC(CC(C)(C)C)C(C)(C)C. The molecule has 21 heavy (non-hydrogen) atoms. The summed E-state index contributed by atoms with van der Waals surface area (Å²) in [6, 6.07) is 0. The Labute approximate surface area is 136 Å². The van der Waals surface area contributed by atoms with E-state index in [0.717, 1.165) is 18.4 Å². The third-order valence-corrected chi connectivity index (χ3v) is 5.52. The molecule has 128 valence electrons. The Morgan fingerprint density at radius 2 is 1.33 bits per heavy atom. The lowest BCUT2D eigenvalue weighted by atomic mass is 9.68. The van der Waals surface area contributed by atoms with Crippen LogP contribution in [0.4, 0.5) is 0 Å². The molecule has 3 atom stereocenters. The van der Waals surface area contributed by atoms with Crippen LogP contribution in [-0.4, -0.2) is 14.9 Å². The fourth-order valence-corrected chi connectivity index (χ4v) is 3.47. The van der Waals surface area contributed by atoms with Crippen LogP contribution in [0, 0.1) is 28.6 Å². The maximum atomic E-state index is 6.12.